The van der Waals surface area contributed by atoms with Crippen molar-refractivity contribution in [2.45, 2.75) is 103 Å². The lowest BCUT2D eigenvalue weighted by Crippen LogP contribution is -2.39. The minimum absolute atomic E-state index is 0.0606. The summed E-state index contributed by atoms with van der Waals surface area (Å²) < 4.78 is 16.4. The van der Waals surface area contributed by atoms with E-state index in [0.29, 0.717) is 18.3 Å². The summed E-state index contributed by atoms with van der Waals surface area (Å²) in [5, 5.41) is 19.6. The van der Waals surface area contributed by atoms with Gasteiger partial charge >= 0.3 is 5.97 Å². The maximum Gasteiger partial charge on any atom is 0.330 e. The van der Waals surface area contributed by atoms with Crippen LogP contribution in [0.25, 0.3) is 0 Å². The third kappa shape index (κ3) is 7.63. The smallest absolute Gasteiger partial charge is 0.330 e. The first kappa shape index (κ1) is 25.3. The normalized spacial score (nSPS) is 29.8. The van der Waals surface area contributed by atoms with Crippen LogP contribution in [0.4, 0.5) is 0 Å². The van der Waals surface area contributed by atoms with E-state index >= 15 is 0 Å². The molecule has 0 radical (unpaired) electrons. The zero-order chi connectivity index (χ0) is 22.1. The Morgan fingerprint density at radius 1 is 1.00 bits per heavy atom. The van der Waals surface area contributed by atoms with E-state index in [0.717, 1.165) is 44.6 Å². The minimum atomic E-state index is -0.799. The van der Waals surface area contributed by atoms with Crippen molar-refractivity contribution in [2.24, 2.45) is 17.3 Å². The molecule has 6 heteroatoms. The summed E-state index contributed by atoms with van der Waals surface area (Å²) in [6, 6.07) is 0. The largest absolute Gasteiger partial charge is 0.460 e. The van der Waals surface area contributed by atoms with Gasteiger partial charge < -0.3 is 24.4 Å². The molecule has 2 rings (SSSR count). The molecule has 0 amide bonds. The molecule has 2 aliphatic rings. The van der Waals surface area contributed by atoms with Crippen molar-refractivity contribution >= 4 is 5.97 Å². The molecule has 2 saturated carbocycles. The minimum Gasteiger partial charge on any atom is -0.460 e. The highest BCUT2D eigenvalue weighted by Gasteiger charge is 2.41. The maximum atomic E-state index is 11.1. The molecule has 2 unspecified atom stereocenters. The van der Waals surface area contributed by atoms with Gasteiger partial charge in [-0.05, 0) is 75.0 Å². The first-order chi connectivity index (χ1) is 14.3. The molecule has 0 bridgehead atoms. The van der Waals surface area contributed by atoms with Gasteiger partial charge in [-0.2, -0.15) is 0 Å². The van der Waals surface area contributed by atoms with E-state index in [2.05, 4.69) is 20.4 Å². The molecule has 0 spiro atoms. The molecule has 0 aromatic carbocycles. The van der Waals surface area contributed by atoms with E-state index in [1.54, 1.807) is 0 Å². The van der Waals surface area contributed by atoms with Crippen LogP contribution in [-0.2, 0) is 19.0 Å². The fraction of sp³-hybridized carbons (Fsp3) is 0.875. The van der Waals surface area contributed by atoms with Crippen molar-refractivity contribution in [3.63, 3.8) is 0 Å². The first-order valence-electron chi connectivity index (χ1n) is 11.7. The molecular weight excluding hydrogens is 384 g/mol. The molecule has 2 aliphatic carbocycles. The Morgan fingerprint density at radius 3 is 2.03 bits per heavy atom. The number of carbonyl (C=O) groups is 1. The van der Waals surface area contributed by atoms with Gasteiger partial charge in [0.05, 0.1) is 18.8 Å². The molecule has 0 heterocycles. The third-order valence-electron chi connectivity index (χ3n) is 7.26. The number of hydrogen-bond donors (Lipinski definition) is 2. The number of rotatable bonds is 11. The van der Waals surface area contributed by atoms with Crippen molar-refractivity contribution < 1.29 is 29.2 Å². The molecule has 2 fully saturated rings. The van der Waals surface area contributed by atoms with E-state index in [9.17, 15) is 15.0 Å². The van der Waals surface area contributed by atoms with Gasteiger partial charge in [0.15, 0.2) is 6.29 Å². The lowest BCUT2D eigenvalue weighted by molar-refractivity contribution is -0.151. The van der Waals surface area contributed by atoms with E-state index in [1.807, 2.05) is 6.92 Å². The van der Waals surface area contributed by atoms with Crippen molar-refractivity contribution in [3.8, 4) is 0 Å². The highest BCUT2D eigenvalue weighted by atomic mass is 16.6. The number of aliphatic hydroxyl groups is 2. The van der Waals surface area contributed by atoms with Gasteiger partial charge in [0.25, 0.3) is 0 Å². The zero-order valence-electron chi connectivity index (χ0n) is 19.1. The lowest BCUT2D eigenvalue weighted by Gasteiger charge is -2.46. The van der Waals surface area contributed by atoms with Gasteiger partial charge in [0, 0.05) is 6.08 Å². The number of hydrogen-bond acceptors (Lipinski definition) is 6. The quantitative estimate of drug-likeness (QED) is 0.295. The topological polar surface area (TPSA) is 85.2 Å². The van der Waals surface area contributed by atoms with Gasteiger partial charge in [-0.15, -0.1) is 0 Å². The van der Waals surface area contributed by atoms with Gasteiger partial charge in [-0.3, -0.25) is 0 Å². The fourth-order valence-corrected chi connectivity index (χ4v) is 5.10. The summed E-state index contributed by atoms with van der Waals surface area (Å²) in [5.74, 6) is 0.846. The van der Waals surface area contributed by atoms with Crippen LogP contribution in [0.15, 0.2) is 12.7 Å². The lowest BCUT2D eigenvalue weighted by atomic mass is 9.60. The summed E-state index contributed by atoms with van der Waals surface area (Å²) >= 11 is 0. The number of aliphatic hydroxyl groups excluding tert-OH is 2. The van der Waals surface area contributed by atoms with Crippen molar-refractivity contribution in [2.75, 3.05) is 13.2 Å². The summed E-state index contributed by atoms with van der Waals surface area (Å²) in [4.78, 5) is 11.1. The first-order valence-corrected chi connectivity index (χ1v) is 11.7. The second-order valence-electron chi connectivity index (χ2n) is 9.59. The molecule has 0 aromatic heterocycles. The Balaban J connectivity index is 1.69. The van der Waals surface area contributed by atoms with Crippen LogP contribution in [-0.4, -0.2) is 54.0 Å². The van der Waals surface area contributed by atoms with Crippen LogP contribution in [0.3, 0.4) is 0 Å². The predicted molar refractivity (Wildman–Crippen MR) is 116 cm³/mol. The second-order valence-corrected chi connectivity index (χ2v) is 9.59. The predicted octanol–water partition coefficient (Wildman–Crippen LogP) is 3.98. The summed E-state index contributed by atoms with van der Waals surface area (Å²) in [6.45, 7) is 10.2. The number of esters is 1. The van der Waals surface area contributed by atoms with E-state index in [4.69, 9.17) is 14.2 Å². The molecule has 6 nitrogen and oxygen atoms in total. The van der Waals surface area contributed by atoms with Crippen LogP contribution >= 0.6 is 0 Å². The van der Waals surface area contributed by atoms with E-state index < -0.39 is 18.4 Å². The van der Waals surface area contributed by atoms with Gasteiger partial charge in [0.2, 0.25) is 0 Å². The highest BCUT2D eigenvalue weighted by Crippen LogP contribution is 2.48. The number of ether oxygens (including phenoxy) is 3. The average Bonchev–Trinajstić information content (AvgIpc) is 2.76. The third-order valence-corrected chi connectivity index (χ3v) is 7.26. The van der Waals surface area contributed by atoms with E-state index in [1.165, 1.54) is 12.8 Å². The monoisotopic (exact) mass is 426 g/mol. The SMILES string of the molecule is C=CC(=O)OCC(O)COC1CCC(C(C)(C)C2CCC(OC(O)CC)CC2)CC1. The summed E-state index contributed by atoms with van der Waals surface area (Å²) in [5.41, 5.74) is 0.289. The molecule has 0 aliphatic heterocycles. The molecule has 2 N–H and O–H groups in total. The average molecular weight is 427 g/mol. The standard InChI is InChI=1S/C24H42O6/c1-5-22(26)29-16-19(25)15-28-20-11-7-17(8-12-20)24(3,4)18-9-13-21(14-10-18)30-23(27)6-2/h5,17-21,23,25,27H,1,6-16H2,2-4H3. The van der Waals surface area contributed by atoms with Crippen molar-refractivity contribution in [1.82, 2.24) is 0 Å². The summed E-state index contributed by atoms with van der Waals surface area (Å²) in [7, 11) is 0. The van der Waals surface area contributed by atoms with E-state index in [-0.39, 0.29) is 30.8 Å². The zero-order valence-corrected chi connectivity index (χ0v) is 19.1. The van der Waals surface area contributed by atoms with Crippen LogP contribution < -0.4 is 0 Å². The van der Waals surface area contributed by atoms with Gasteiger partial charge in [-0.1, -0.05) is 27.4 Å². The Labute approximate surface area is 182 Å². The van der Waals surface area contributed by atoms with Crippen molar-refractivity contribution in [3.05, 3.63) is 12.7 Å². The van der Waals surface area contributed by atoms with Crippen molar-refractivity contribution in [1.29, 1.82) is 0 Å². The molecule has 0 aromatic rings. The van der Waals surface area contributed by atoms with Crippen LogP contribution in [0, 0.1) is 17.3 Å². The van der Waals surface area contributed by atoms with Crippen LogP contribution in [0.5, 0.6) is 0 Å². The molecular formula is C24H42O6. The Morgan fingerprint density at radius 2 is 1.53 bits per heavy atom. The molecule has 174 valence electrons. The molecule has 30 heavy (non-hydrogen) atoms. The number of carbonyl (C=O) groups excluding carboxylic acids is 1. The van der Waals surface area contributed by atoms with Crippen LogP contribution in [0.1, 0.15) is 78.6 Å². The Kier molecular flexibility index (Phi) is 10.3. The van der Waals surface area contributed by atoms with Gasteiger partial charge in [-0.25, -0.2) is 4.79 Å². The van der Waals surface area contributed by atoms with Crippen LogP contribution in [0.2, 0.25) is 0 Å². The summed E-state index contributed by atoms with van der Waals surface area (Å²) in [6.07, 6.45) is 9.40. The fourth-order valence-electron chi connectivity index (χ4n) is 5.10. The van der Waals surface area contributed by atoms with Gasteiger partial charge in [0.1, 0.15) is 12.7 Å². The Bertz CT molecular complexity index is 518. The second kappa shape index (κ2) is 12.2. The maximum absolute atomic E-state index is 11.1. The Hall–Kier alpha value is -0.950. The molecule has 2 atom stereocenters. The highest BCUT2D eigenvalue weighted by molar-refractivity contribution is 5.81. The molecule has 0 saturated heterocycles.